The Balaban J connectivity index is 2.56. The zero-order valence-electron chi connectivity index (χ0n) is 10.6. The first-order valence-electron chi connectivity index (χ1n) is 5.78. The zero-order chi connectivity index (χ0) is 13.7. The van der Waals surface area contributed by atoms with Crippen LogP contribution in [0.2, 0.25) is 0 Å². The number of carboxylic acid groups (broad SMARTS) is 1. The van der Waals surface area contributed by atoms with Crippen LogP contribution in [0.25, 0.3) is 0 Å². The Morgan fingerprint density at radius 3 is 2.56 bits per heavy atom. The molecule has 98 valence electrons. The fraction of sp³-hybridized carbons (Fsp3) is 0.462. The van der Waals surface area contributed by atoms with Gasteiger partial charge in [-0.1, -0.05) is 12.1 Å². The second-order valence-corrected chi connectivity index (χ2v) is 7.65. The normalized spacial score (nSPS) is 21.6. The molecule has 0 fully saturated rings. The van der Waals surface area contributed by atoms with E-state index in [9.17, 15) is 18.3 Å². The highest BCUT2D eigenvalue weighted by Gasteiger charge is 2.36. The van der Waals surface area contributed by atoms with E-state index in [1.54, 1.807) is 32.9 Å². The number of aliphatic carboxylic acids is 1. The number of carbonyl (C=O) groups is 1. The van der Waals surface area contributed by atoms with Crippen LogP contribution >= 0.6 is 0 Å². The molecule has 1 heterocycles. The highest BCUT2D eigenvalue weighted by Crippen LogP contribution is 2.34. The van der Waals surface area contributed by atoms with Gasteiger partial charge >= 0.3 is 5.97 Å². The summed E-state index contributed by atoms with van der Waals surface area (Å²) in [5.74, 6) is -0.920. The molecular weight excluding hydrogens is 252 g/mol. The molecule has 5 heteroatoms. The SMILES string of the molecule is CC1Cc2cc(C(C)(C)C(=O)O)ccc2S1(=O)=O. The molecule has 0 radical (unpaired) electrons. The molecule has 4 nitrogen and oxygen atoms in total. The number of sulfone groups is 1. The number of fused-ring (bicyclic) bond motifs is 1. The second kappa shape index (κ2) is 3.82. The molecule has 0 aliphatic carbocycles. The van der Waals surface area contributed by atoms with Gasteiger partial charge in [0.1, 0.15) is 0 Å². The largest absolute Gasteiger partial charge is 0.481 e. The Labute approximate surface area is 107 Å². The van der Waals surface area contributed by atoms with E-state index in [0.717, 1.165) is 5.56 Å². The van der Waals surface area contributed by atoms with Crippen LogP contribution in [-0.2, 0) is 26.5 Å². The minimum absolute atomic E-state index is 0.347. The van der Waals surface area contributed by atoms with E-state index in [0.29, 0.717) is 16.9 Å². The summed E-state index contributed by atoms with van der Waals surface area (Å²) < 4.78 is 23.9. The molecule has 0 saturated heterocycles. The second-order valence-electron chi connectivity index (χ2n) is 5.31. The highest BCUT2D eigenvalue weighted by atomic mass is 32.2. The lowest BCUT2D eigenvalue weighted by molar-refractivity contribution is -0.142. The maximum atomic E-state index is 12.0. The fourth-order valence-electron chi connectivity index (χ4n) is 2.16. The van der Waals surface area contributed by atoms with Gasteiger partial charge in [-0.2, -0.15) is 0 Å². The van der Waals surface area contributed by atoms with Crippen molar-refractivity contribution in [3.8, 4) is 0 Å². The Morgan fingerprint density at radius 1 is 1.39 bits per heavy atom. The number of hydrogen-bond donors (Lipinski definition) is 1. The Kier molecular flexibility index (Phi) is 2.77. The van der Waals surface area contributed by atoms with Crippen molar-refractivity contribution in [3.05, 3.63) is 29.3 Å². The minimum atomic E-state index is -3.21. The van der Waals surface area contributed by atoms with Crippen LogP contribution in [0.3, 0.4) is 0 Å². The van der Waals surface area contributed by atoms with Crippen molar-refractivity contribution in [2.24, 2.45) is 0 Å². The van der Waals surface area contributed by atoms with Gasteiger partial charge in [-0.3, -0.25) is 4.79 Å². The van der Waals surface area contributed by atoms with Crippen molar-refractivity contribution >= 4 is 15.8 Å². The lowest BCUT2D eigenvalue weighted by Crippen LogP contribution is -2.28. The van der Waals surface area contributed by atoms with Crippen molar-refractivity contribution in [1.29, 1.82) is 0 Å². The summed E-state index contributed by atoms with van der Waals surface area (Å²) >= 11 is 0. The van der Waals surface area contributed by atoms with E-state index in [1.165, 1.54) is 6.07 Å². The van der Waals surface area contributed by atoms with Crippen molar-refractivity contribution in [1.82, 2.24) is 0 Å². The summed E-state index contributed by atoms with van der Waals surface area (Å²) in [6.45, 7) is 4.91. The van der Waals surface area contributed by atoms with Crippen LogP contribution in [0.5, 0.6) is 0 Å². The average molecular weight is 268 g/mol. The molecule has 0 bridgehead atoms. The molecule has 0 aromatic heterocycles. The summed E-state index contributed by atoms with van der Waals surface area (Å²) in [6.07, 6.45) is 0.460. The van der Waals surface area contributed by atoms with Gasteiger partial charge in [-0.25, -0.2) is 8.42 Å². The molecular formula is C13H16O4S. The quantitative estimate of drug-likeness (QED) is 0.887. The van der Waals surface area contributed by atoms with Crippen LogP contribution in [0.1, 0.15) is 31.9 Å². The molecule has 18 heavy (non-hydrogen) atoms. The van der Waals surface area contributed by atoms with Gasteiger partial charge in [-0.15, -0.1) is 0 Å². The number of carboxylic acids is 1. The molecule has 1 N–H and O–H groups in total. The van der Waals surface area contributed by atoms with Gasteiger partial charge in [0.2, 0.25) is 0 Å². The third kappa shape index (κ3) is 1.73. The van der Waals surface area contributed by atoms with Crippen molar-refractivity contribution in [3.63, 3.8) is 0 Å². The van der Waals surface area contributed by atoms with Crippen LogP contribution in [0.15, 0.2) is 23.1 Å². The van der Waals surface area contributed by atoms with Crippen LogP contribution in [0, 0.1) is 0 Å². The van der Waals surface area contributed by atoms with E-state index in [1.807, 2.05) is 0 Å². The Bertz CT molecular complexity index is 614. The Hall–Kier alpha value is -1.36. The third-order valence-corrected chi connectivity index (χ3v) is 5.90. The first-order chi connectivity index (χ1) is 8.17. The summed E-state index contributed by atoms with van der Waals surface area (Å²) in [6, 6.07) is 4.85. The van der Waals surface area contributed by atoms with Crippen molar-refractivity contribution in [2.75, 3.05) is 0 Å². The maximum absolute atomic E-state index is 12.0. The molecule has 0 spiro atoms. The van der Waals surface area contributed by atoms with E-state index >= 15 is 0 Å². The summed E-state index contributed by atoms with van der Waals surface area (Å²) in [5.41, 5.74) is 0.359. The number of rotatable bonds is 2. The summed E-state index contributed by atoms with van der Waals surface area (Å²) in [7, 11) is -3.21. The zero-order valence-corrected chi connectivity index (χ0v) is 11.4. The average Bonchev–Trinajstić information content (AvgIpc) is 2.49. The van der Waals surface area contributed by atoms with Gasteiger partial charge in [-0.05, 0) is 44.4 Å². The molecule has 1 unspecified atom stereocenters. The smallest absolute Gasteiger partial charge is 0.313 e. The first-order valence-corrected chi connectivity index (χ1v) is 7.32. The monoisotopic (exact) mass is 268 g/mol. The molecule has 1 aliphatic rings. The van der Waals surface area contributed by atoms with Crippen LogP contribution in [-0.4, -0.2) is 24.7 Å². The first kappa shape index (κ1) is 13.1. The lowest BCUT2D eigenvalue weighted by atomic mass is 9.84. The van der Waals surface area contributed by atoms with Gasteiger partial charge in [0.15, 0.2) is 9.84 Å². The van der Waals surface area contributed by atoms with E-state index in [2.05, 4.69) is 0 Å². The van der Waals surface area contributed by atoms with Gasteiger partial charge < -0.3 is 5.11 Å². The molecule has 0 saturated carbocycles. The molecule has 0 amide bonds. The Morgan fingerprint density at radius 2 is 2.00 bits per heavy atom. The van der Waals surface area contributed by atoms with Crippen LogP contribution < -0.4 is 0 Å². The molecule has 1 aromatic rings. The van der Waals surface area contributed by atoms with E-state index in [-0.39, 0.29) is 0 Å². The topological polar surface area (TPSA) is 71.4 Å². The summed E-state index contributed by atoms with van der Waals surface area (Å²) in [5, 5.41) is 8.76. The molecule has 1 aliphatic heterocycles. The third-order valence-electron chi connectivity index (χ3n) is 3.66. The summed E-state index contributed by atoms with van der Waals surface area (Å²) in [4.78, 5) is 11.5. The highest BCUT2D eigenvalue weighted by molar-refractivity contribution is 7.92. The van der Waals surface area contributed by atoms with Gasteiger partial charge in [0, 0.05) is 0 Å². The van der Waals surface area contributed by atoms with E-state index in [4.69, 9.17) is 0 Å². The molecule has 2 rings (SSSR count). The minimum Gasteiger partial charge on any atom is -0.481 e. The fourth-order valence-corrected chi connectivity index (χ4v) is 3.76. The van der Waals surface area contributed by atoms with E-state index < -0.39 is 26.5 Å². The van der Waals surface area contributed by atoms with Crippen molar-refractivity contribution < 1.29 is 18.3 Å². The standard InChI is InChI=1S/C13H16O4S/c1-8-6-9-7-10(13(2,3)12(14)15)4-5-11(9)18(8,16)17/h4-5,7-8H,6H2,1-3H3,(H,14,15). The number of hydrogen-bond acceptors (Lipinski definition) is 3. The van der Waals surface area contributed by atoms with Crippen LogP contribution in [0.4, 0.5) is 0 Å². The predicted molar refractivity (Wildman–Crippen MR) is 67.5 cm³/mol. The van der Waals surface area contributed by atoms with Crippen molar-refractivity contribution in [2.45, 2.75) is 42.8 Å². The van der Waals surface area contributed by atoms with Gasteiger partial charge in [0.05, 0.1) is 15.6 Å². The predicted octanol–water partition coefficient (Wildman–Crippen LogP) is 1.77. The van der Waals surface area contributed by atoms with Gasteiger partial charge in [0.25, 0.3) is 0 Å². The maximum Gasteiger partial charge on any atom is 0.313 e. The number of benzene rings is 1. The molecule has 1 aromatic carbocycles. The lowest BCUT2D eigenvalue weighted by Gasteiger charge is -2.20. The molecule has 1 atom stereocenters.